The third kappa shape index (κ3) is 3.21. The molecule has 1 amide bonds. The molecule has 0 bridgehead atoms. The lowest BCUT2D eigenvalue weighted by molar-refractivity contribution is 0.0747. The van der Waals surface area contributed by atoms with Crippen molar-refractivity contribution in [2.24, 2.45) is 0 Å². The van der Waals surface area contributed by atoms with Gasteiger partial charge >= 0.3 is 0 Å². The number of carbonyl (C=O) groups is 1. The van der Waals surface area contributed by atoms with E-state index in [0.717, 1.165) is 24.3 Å². The normalized spacial score (nSPS) is 15.0. The molecular formula is C17H16Cl2N2O. The molecule has 22 heavy (non-hydrogen) atoms. The fourth-order valence-electron chi connectivity index (χ4n) is 2.64. The van der Waals surface area contributed by atoms with Crippen LogP contribution < -0.4 is 4.90 Å². The SMILES string of the molecule is O=C(c1ccccc1)N1CCN(c2cc(Cl)ccc2Cl)CC1. The largest absolute Gasteiger partial charge is 0.367 e. The summed E-state index contributed by atoms with van der Waals surface area (Å²) < 4.78 is 0. The number of rotatable bonds is 2. The first-order valence-corrected chi connectivity index (χ1v) is 7.95. The van der Waals surface area contributed by atoms with Crippen molar-refractivity contribution < 1.29 is 4.79 Å². The van der Waals surface area contributed by atoms with Gasteiger partial charge in [0.25, 0.3) is 5.91 Å². The Morgan fingerprint density at radius 2 is 1.59 bits per heavy atom. The van der Waals surface area contributed by atoms with Gasteiger partial charge in [-0.3, -0.25) is 4.79 Å². The Labute approximate surface area is 140 Å². The maximum atomic E-state index is 12.4. The van der Waals surface area contributed by atoms with E-state index >= 15 is 0 Å². The summed E-state index contributed by atoms with van der Waals surface area (Å²) in [5, 5.41) is 1.36. The molecule has 0 aliphatic carbocycles. The van der Waals surface area contributed by atoms with E-state index < -0.39 is 0 Å². The van der Waals surface area contributed by atoms with Gasteiger partial charge in [0.05, 0.1) is 10.7 Å². The Morgan fingerprint density at radius 3 is 2.27 bits per heavy atom. The minimum Gasteiger partial charge on any atom is -0.367 e. The standard InChI is InChI=1S/C17H16Cl2N2O/c18-14-6-7-15(19)16(12-14)20-8-10-21(11-9-20)17(22)13-4-2-1-3-5-13/h1-7,12H,8-11H2. The molecule has 5 heteroatoms. The van der Waals surface area contributed by atoms with Crippen LogP contribution in [-0.2, 0) is 0 Å². The first-order chi connectivity index (χ1) is 10.6. The zero-order chi connectivity index (χ0) is 15.5. The number of piperazine rings is 1. The molecule has 3 rings (SSSR count). The summed E-state index contributed by atoms with van der Waals surface area (Å²) in [5.41, 5.74) is 1.66. The Hall–Kier alpha value is -1.71. The van der Waals surface area contributed by atoms with Crippen molar-refractivity contribution in [3.8, 4) is 0 Å². The van der Waals surface area contributed by atoms with Gasteiger partial charge in [-0.1, -0.05) is 41.4 Å². The highest BCUT2D eigenvalue weighted by Gasteiger charge is 2.23. The van der Waals surface area contributed by atoms with Gasteiger partial charge in [0.15, 0.2) is 0 Å². The molecular weight excluding hydrogens is 319 g/mol. The molecule has 1 aliphatic rings. The minimum absolute atomic E-state index is 0.0810. The fraction of sp³-hybridized carbons (Fsp3) is 0.235. The summed E-state index contributed by atoms with van der Waals surface area (Å²) in [5.74, 6) is 0.0810. The molecule has 2 aromatic carbocycles. The van der Waals surface area contributed by atoms with Gasteiger partial charge < -0.3 is 9.80 Å². The van der Waals surface area contributed by atoms with E-state index in [-0.39, 0.29) is 5.91 Å². The second-order valence-corrected chi connectivity index (χ2v) is 6.08. The summed E-state index contributed by atoms with van der Waals surface area (Å²) in [6.45, 7) is 2.85. The Balaban J connectivity index is 1.68. The van der Waals surface area contributed by atoms with E-state index in [0.29, 0.717) is 23.1 Å². The second kappa shape index (κ2) is 6.59. The van der Waals surface area contributed by atoms with Crippen LogP contribution in [0.3, 0.4) is 0 Å². The lowest BCUT2D eigenvalue weighted by Gasteiger charge is -2.36. The van der Waals surface area contributed by atoms with Crippen molar-refractivity contribution in [2.45, 2.75) is 0 Å². The highest BCUT2D eigenvalue weighted by Crippen LogP contribution is 2.29. The fourth-order valence-corrected chi connectivity index (χ4v) is 3.05. The summed E-state index contributed by atoms with van der Waals surface area (Å²) >= 11 is 12.3. The number of nitrogens with zero attached hydrogens (tertiary/aromatic N) is 2. The minimum atomic E-state index is 0.0810. The molecule has 1 heterocycles. The average molecular weight is 335 g/mol. The van der Waals surface area contributed by atoms with Crippen molar-refractivity contribution >= 4 is 34.8 Å². The van der Waals surface area contributed by atoms with Crippen molar-refractivity contribution in [2.75, 3.05) is 31.1 Å². The molecule has 3 nitrogen and oxygen atoms in total. The van der Waals surface area contributed by atoms with Gasteiger partial charge in [-0.2, -0.15) is 0 Å². The van der Waals surface area contributed by atoms with E-state index in [2.05, 4.69) is 4.90 Å². The molecule has 0 unspecified atom stereocenters. The van der Waals surface area contributed by atoms with Crippen LogP contribution >= 0.6 is 23.2 Å². The first-order valence-electron chi connectivity index (χ1n) is 7.19. The van der Waals surface area contributed by atoms with Crippen LogP contribution in [0.2, 0.25) is 10.0 Å². The molecule has 1 saturated heterocycles. The second-order valence-electron chi connectivity index (χ2n) is 5.24. The Kier molecular flexibility index (Phi) is 4.55. The smallest absolute Gasteiger partial charge is 0.253 e. The van der Waals surface area contributed by atoms with E-state index in [1.165, 1.54) is 0 Å². The van der Waals surface area contributed by atoms with Crippen LogP contribution in [0.15, 0.2) is 48.5 Å². The van der Waals surface area contributed by atoms with E-state index in [1.54, 1.807) is 12.1 Å². The maximum Gasteiger partial charge on any atom is 0.253 e. The monoisotopic (exact) mass is 334 g/mol. The lowest BCUT2D eigenvalue weighted by Crippen LogP contribution is -2.48. The Bertz CT molecular complexity index is 668. The first kappa shape index (κ1) is 15.2. The van der Waals surface area contributed by atoms with Crippen LogP contribution in [0.25, 0.3) is 0 Å². The third-order valence-corrected chi connectivity index (χ3v) is 4.39. The van der Waals surface area contributed by atoms with E-state index in [9.17, 15) is 4.79 Å². The number of carbonyl (C=O) groups excluding carboxylic acids is 1. The molecule has 0 radical (unpaired) electrons. The molecule has 1 fully saturated rings. The quantitative estimate of drug-likeness (QED) is 0.829. The molecule has 0 N–H and O–H groups in total. The number of hydrogen-bond acceptors (Lipinski definition) is 2. The van der Waals surface area contributed by atoms with E-state index in [4.69, 9.17) is 23.2 Å². The zero-order valence-corrected chi connectivity index (χ0v) is 13.5. The van der Waals surface area contributed by atoms with E-state index in [1.807, 2.05) is 41.3 Å². The topological polar surface area (TPSA) is 23.6 Å². The summed E-state index contributed by atoms with van der Waals surface area (Å²) in [4.78, 5) is 16.5. The van der Waals surface area contributed by atoms with Crippen molar-refractivity contribution in [3.63, 3.8) is 0 Å². The van der Waals surface area contributed by atoms with Crippen LogP contribution in [0, 0.1) is 0 Å². The van der Waals surface area contributed by atoms with Gasteiger partial charge in [0.2, 0.25) is 0 Å². The molecule has 0 spiro atoms. The number of amides is 1. The van der Waals surface area contributed by atoms with Crippen LogP contribution in [0.5, 0.6) is 0 Å². The maximum absolute atomic E-state index is 12.4. The Morgan fingerprint density at radius 1 is 0.909 bits per heavy atom. The summed E-state index contributed by atoms with van der Waals surface area (Å²) in [6.07, 6.45) is 0. The number of benzene rings is 2. The summed E-state index contributed by atoms with van der Waals surface area (Å²) in [7, 11) is 0. The van der Waals surface area contributed by atoms with Crippen LogP contribution in [0.1, 0.15) is 10.4 Å². The van der Waals surface area contributed by atoms with Crippen LogP contribution in [0.4, 0.5) is 5.69 Å². The lowest BCUT2D eigenvalue weighted by atomic mass is 10.1. The van der Waals surface area contributed by atoms with Crippen molar-refractivity contribution in [1.82, 2.24) is 4.90 Å². The average Bonchev–Trinajstić information content (AvgIpc) is 2.57. The molecule has 0 aromatic heterocycles. The summed E-state index contributed by atoms with van der Waals surface area (Å²) in [6, 6.07) is 14.8. The van der Waals surface area contributed by atoms with Gasteiger partial charge in [-0.05, 0) is 30.3 Å². The number of halogens is 2. The van der Waals surface area contributed by atoms with Gasteiger partial charge in [-0.25, -0.2) is 0 Å². The predicted octanol–water partition coefficient (Wildman–Crippen LogP) is 3.96. The van der Waals surface area contributed by atoms with Crippen LogP contribution in [-0.4, -0.2) is 37.0 Å². The molecule has 114 valence electrons. The highest BCUT2D eigenvalue weighted by molar-refractivity contribution is 6.35. The number of anilines is 1. The van der Waals surface area contributed by atoms with Gasteiger partial charge in [0, 0.05) is 36.8 Å². The molecule has 2 aromatic rings. The van der Waals surface area contributed by atoms with Crippen molar-refractivity contribution in [1.29, 1.82) is 0 Å². The molecule has 0 saturated carbocycles. The highest BCUT2D eigenvalue weighted by atomic mass is 35.5. The van der Waals surface area contributed by atoms with Crippen molar-refractivity contribution in [3.05, 3.63) is 64.1 Å². The zero-order valence-electron chi connectivity index (χ0n) is 12.0. The van der Waals surface area contributed by atoms with Gasteiger partial charge in [-0.15, -0.1) is 0 Å². The molecule has 1 aliphatic heterocycles. The van der Waals surface area contributed by atoms with Gasteiger partial charge in [0.1, 0.15) is 0 Å². The number of hydrogen-bond donors (Lipinski definition) is 0. The molecule has 0 atom stereocenters. The third-order valence-electron chi connectivity index (χ3n) is 3.84. The predicted molar refractivity (Wildman–Crippen MR) is 91.0 cm³/mol.